The first-order valence-corrected chi connectivity index (χ1v) is 8.34. The second kappa shape index (κ2) is 7.14. The molecule has 0 unspecified atom stereocenters. The zero-order valence-electron chi connectivity index (χ0n) is 13.0. The molecule has 27 heavy (non-hydrogen) atoms. The lowest BCUT2D eigenvalue weighted by Gasteiger charge is -2.27. The Kier molecular flexibility index (Phi) is 5.20. The Morgan fingerprint density at radius 3 is 2.33 bits per heavy atom. The summed E-state index contributed by atoms with van der Waals surface area (Å²) in [6.45, 7) is 0. The summed E-state index contributed by atoms with van der Waals surface area (Å²) >= 11 is 17.9. The predicted molar refractivity (Wildman–Crippen MR) is 94.1 cm³/mol. The van der Waals surface area contributed by atoms with Crippen molar-refractivity contribution >= 4 is 46.8 Å². The van der Waals surface area contributed by atoms with Crippen molar-refractivity contribution in [2.75, 3.05) is 0 Å². The van der Waals surface area contributed by atoms with Crippen LogP contribution >= 0.6 is 34.8 Å². The topological polar surface area (TPSA) is 55.8 Å². The third kappa shape index (κ3) is 4.10. The van der Waals surface area contributed by atoms with Gasteiger partial charge in [0.15, 0.2) is 0 Å². The van der Waals surface area contributed by atoms with Crippen LogP contribution in [0.3, 0.4) is 0 Å². The van der Waals surface area contributed by atoms with Crippen molar-refractivity contribution in [1.29, 1.82) is 0 Å². The number of hydrogen-bond acceptors (Lipinski definition) is 3. The van der Waals surface area contributed by atoms with Gasteiger partial charge in [0.1, 0.15) is 17.2 Å². The summed E-state index contributed by atoms with van der Waals surface area (Å²) in [5, 5.41) is 9.59. The minimum Gasteiger partial charge on any atom is -0.478 e. The van der Waals surface area contributed by atoms with Crippen LogP contribution in [0.2, 0.25) is 15.1 Å². The Morgan fingerprint density at radius 1 is 1.07 bits per heavy atom. The number of alkyl halides is 3. The third-order valence-corrected chi connectivity index (χ3v) is 4.39. The minimum absolute atomic E-state index is 0.0206. The van der Waals surface area contributed by atoms with Gasteiger partial charge in [0.05, 0.1) is 15.6 Å². The van der Waals surface area contributed by atoms with Gasteiger partial charge in [-0.15, -0.1) is 0 Å². The molecule has 0 aliphatic carbocycles. The first kappa shape index (κ1) is 19.7. The highest BCUT2D eigenvalue weighted by Gasteiger charge is 2.48. The van der Waals surface area contributed by atoms with Crippen LogP contribution in [0.1, 0.15) is 5.56 Å². The van der Waals surface area contributed by atoms with E-state index in [1.54, 1.807) is 0 Å². The summed E-state index contributed by atoms with van der Waals surface area (Å²) in [5.74, 6) is -1.82. The van der Waals surface area contributed by atoms with Gasteiger partial charge in [0.2, 0.25) is 6.10 Å². The van der Waals surface area contributed by atoms with Crippen molar-refractivity contribution < 1.29 is 32.5 Å². The van der Waals surface area contributed by atoms with Gasteiger partial charge >= 0.3 is 12.1 Å². The van der Waals surface area contributed by atoms with E-state index in [-0.39, 0.29) is 32.9 Å². The molecule has 0 fully saturated rings. The Morgan fingerprint density at radius 2 is 1.74 bits per heavy atom. The molecule has 1 atom stereocenters. The molecule has 3 rings (SSSR count). The molecule has 1 aliphatic rings. The standard InChI is InChI=1S/C17H8Cl3F3O4/c18-8-1-2-12(11(20)5-8)26-14-6-13-7(4-10(14)19)3-9(16(24)25)15(27-13)17(21,22)23/h1-6,15H,(H,24,25)/t15-/m0/s1. The van der Waals surface area contributed by atoms with E-state index in [1.807, 2.05) is 0 Å². The van der Waals surface area contributed by atoms with E-state index in [9.17, 15) is 18.0 Å². The summed E-state index contributed by atoms with van der Waals surface area (Å²) < 4.78 is 49.9. The van der Waals surface area contributed by atoms with Gasteiger partial charge in [-0.1, -0.05) is 34.8 Å². The lowest BCUT2D eigenvalue weighted by molar-refractivity contribution is -0.187. The minimum atomic E-state index is -4.91. The van der Waals surface area contributed by atoms with E-state index in [2.05, 4.69) is 0 Å². The zero-order chi connectivity index (χ0) is 19.9. The molecule has 1 aliphatic heterocycles. The highest BCUT2D eigenvalue weighted by molar-refractivity contribution is 6.35. The monoisotopic (exact) mass is 438 g/mol. The van der Waals surface area contributed by atoms with Crippen LogP contribution < -0.4 is 9.47 Å². The van der Waals surface area contributed by atoms with E-state index in [1.165, 1.54) is 24.3 Å². The number of benzene rings is 2. The molecule has 4 nitrogen and oxygen atoms in total. The highest BCUT2D eigenvalue weighted by Crippen LogP contribution is 2.43. The van der Waals surface area contributed by atoms with Gasteiger partial charge in [0.25, 0.3) is 0 Å². The predicted octanol–water partition coefficient (Wildman–Crippen LogP) is 6.23. The average Bonchev–Trinajstić information content (AvgIpc) is 2.55. The van der Waals surface area contributed by atoms with E-state index in [0.717, 1.165) is 12.1 Å². The molecule has 0 saturated heterocycles. The van der Waals surface area contributed by atoms with Crippen LogP contribution in [0.25, 0.3) is 6.08 Å². The lowest BCUT2D eigenvalue weighted by Crippen LogP contribution is -2.40. The fraction of sp³-hybridized carbons (Fsp3) is 0.118. The number of carbonyl (C=O) groups is 1. The second-order valence-electron chi connectivity index (χ2n) is 5.44. The Bertz CT molecular complexity index is 957. The van der Waals surface area contributed by atoms with E-state index in [4.69, 9.17) is 49.4 Å². The highest BCUT2D eigenvalue weighted by atomic mass is 35.5. The van der Waals surface area contributed by atoms with E-state index < -0.39 is 23.8 Å². The molecule has 2 aromatic carbocycles. The van der Waals surface area contributed by atoms with Crippen molar-refractivity contribution in [1.82, 2.24) is 0 Å². The fourth-order valence-electron chi connectivity index (χ4n) is 2.37. The summed E-state index contributed by atoms with van der Waals surface area (Å²) in [6, 6.07) is 6.76. The first-order valence-electron chi connectivity index (χ1n) is 7.21. The Labute approximate surface area is 165 Å². The van der Waals surface area contributed by atoms with Crippen molar-refractivity contribution in [3.05, 3.63) is 56.5 Å². The summed E-state index contributed by atoms with van der Waals surface area (Å²) in [6.07, 6.45) is -6.66. The van der Waals surface area contributed by atoms with Crippen LogP contribution in [-0.2, 0) is 4.79 Å². The smallest absolute Gasteiger partial charge is 0.430 e. The second-order valence-corrected chi connectivity index (χ2v) is 6.69. The largest absolute Gasteiger partial charge is 0.478 e. The molecular weight excluding hydrogens is 432 g/mol. The van der Waals surface area contributed by atoms with Crippen molar-refractivity contribution in [3.63, 3.8) is 0 Å². The lowest BCUT2D eigenvalue weighted by atomic mass is 10.0. The van der Waals surface area contributed by atoms with Gasteiger partial charge in [0, 0.05) is 16.7 Å². The summed E-state index contributed by atoms with van der Waals surface area (Å²) in [7, 11) is 0. The number of fused-ring (bicyclic) bond motifs is 1. The molecule has 0 aromatic heterocycles. The van der Waals surface area contributed by atoms with Crippen LogP contribution in [0.4, 0.5) is 13.2 Å². The number of aliphatic carboxylic acids is 1. The molecule has 10 heteroatoms. The molecule has 0 spiro atoms. The number of carboxylic acid groups (broad SMARTS) is 1. The van der Waals surface area contributed by atoms with E-state index >= 15 is 0 Å². The quantitative estimate of drug-likeness (QED) is 0.616. The molecule has 1 N–H and O–H groups in total. The maximum absolute atomic E-state index is 13.1. The fourth-order valence-corrected chi connectivity index (χ4v) is 3.03. The molecule has 0 bridgehead atoms. The third-order valence-electron chi connectivity index (χ3n) is 3.56. The van der Waals surface area contributed by atoms with Crippen molar-refractivity contribution in [2.45, 2.75) is 12.3 Å². The van der Waals surface area contributed by atoms with Crippen LogP contribution in [0.15, 0.2) is 35.9 Å². The first-order chi connectivity index (χ1) is 12.6. The van der Waals surface area contributed by atoms with Crippen LogP contribution in [0.5, 0.6) is 17.2 Å². The van der Waals surface area contributed by atoms with Crippen LogP contribution in [0, 0.1) is 0 Å². The van der Waals surface area contributed by atoms with Gasteiger partial charge in [-0.3, -0.25) is 0 Å². The molecule has 1 heterocycles. The molecule has 142 valence electrons. The normalized spacial score (nSPS) is 16.2. The SMILES string of the molecule is O=C(O)C1=Cc2cc(Cl)c(Oc3ccc(Cl)cc3Cl)cc2O[C@@H]1C(F)(F)F. The number of carboxylic acids is 1. The molecule has 0 radical (unpaired) electrons. The molecule has 0 amide bonds. The van der Waals surface area contributed by atoms with Crippen molar-refractivity contribution in [2.24, 2.45) is 0 Å². The molecule has 0 saturated carbocycles. The summed E-state index contributed by atoms with van der Waals surface area (Å²) in [5.41, 5.74) is -0.868. The molecular formula is C17H8Cl3F3O4. The average molecular weight is 440 g/mol. The number of ether oxygens (including phenoxy) is 2. The zero-order valence-corrected chi connectivity index (χ0v) is 15.2. The van der Waals surface area contributed by atoms with Gasteiger partial charge in [-0.05, 0) is 30.3 Å². The van der Waals surface area contributed by atoms with Crippen LogP contribution in [-0.4, -0.2) is 23.4 Å². The Hall–Kier alpha value is -2.09. The molecule has 2 aromatic rings. The van der Waals surface area contributed by atoms with Gasteiger partial charge in [-0.2, -0.15) is 13.2 Å². The summed E-state index contributed by atoms with van der Waals surface area (Å²) in [4.78, 5) is 11.1. The number of halogens is 6. The Balaban J connectivity index is 2.02. The van der Waals surface area contributed by atoms with Gasteiger partial charge < -0.3 is 14.6 Å². The van der Waals surface area contributed by atoms with E-state index in [0.29, 0.717) is 5.02 Å². The maximum Gasteiger partial charge on any atom is 0.430 e. The maximum atomic E-state index is 13.1. The van der Waals surface area contributed by atoms with Crippen molar-refractivity contribution in [3.8, 4) is 17.2 Å². The number of rotatable bonds is 3. The number of hydrogen-bond donors (Lipinski definition) is 1. The van der Waals surface area contributed by atoms with Gasteiger partial charge in [-0.25, -0.2) is 4.79 Å².